The van der Waals surface area contributed by atoms with Crippen LogP contribution < -0.4 is 10.1 Å². The van der Waals surface area contributed by atoms with E-state index in [4.69, 9.17) is 4.74 Å². The summed E-state index contributed by atoms with van der Waals surface area (Å²) < 4.78 is 5.24. The molecular formula is C21H33N3O2. The van der Waals surface area contributed by atoms with Crippen LogP contribution in [0.2, 0.25) is 0 Å². The monoisotopic (exact) mass is 359 g/mol. The summed E-state index contributed by atoms with van der Waals surface area (Å²) >= 11 is 0. The van der Waals surface area contributed by atoms with Gasteiger partial charge in [-0.2, -0.15) is 0 Å². The number of hydrogen-bond donors (Lipinski definition) is 1. The highest BCUT2D eigenvalue weighted by Gasteiger charge is 2.33. The first-order valence-electron chi connectivity index (χ1n) is 9.93. The van der Waals surface area contributed by atoms with E-state index >= 15 is 0 Å². The third-order valence-electron chi connectivity index (χ3n) is 5.34. The molecule has 0 radical (unpaired) electrons. The fourth-order valence-electron chi connectivity index (χ4n) is 3.78. The molecule has 1 aliphatic heterocycles. The summed E-state index contributed by atoms with van der Waals surface area (Å²) in [5.41, 5.74) is 1.18. The maximum absolute atomic E-state index is 12.6. The van der Waals surface area contributed by atoms with Crippen LogP contribution >= 0.6 is 0 Å². The largest absolute Gasteiger partial charge is 0.497 e. The van der Waals surface area contributed by atoms with Crippen molar-refractivity contribution in [1.29, 1.82) is 0 Å². The molecule has 5 heteroatoms. The Morgan fingerprint density at radius 2 is 1.73 bits per heavy atom. The number of piperazine rings is 1. The number of nitrogens with zero attached hydrogens (tertiary/aromatic N) is 2. The summed E-state index contributed by atoms with van der Waals surface area (Å²) in [5.74, 6) is 2.28. The molecule has 1 saturated heterocycles. The molecule has 144 valence electrons. The number of rotatable bonds is 8. The van der Waals surface area contributed by atoms with Gasteiger partial charge in [-0.3, -0.25) is 9.69 Å². The van der Waals surface area contributed by atoms with Crippen LogP contribution in [0.5, 0.6) is 5.75 Å². The van der Waals surface area contributed by atoms with E-state index < -0.39 is 0 Å². The zero-order valence-corrected chi connectivity index (χ0v) is 16.4. The molecular weight excluding hydrogens is 326 g/mol. The van der Waals surface area contributed by atoms with Crippen molar-refractivity contribution in [2.45, 2.75) is 32.7 Å². The lowest BCUT2D eigenvalue weighted by Crippen LogP contribution is -2.50. The number of nitrogens with one attached hydrogen (secondary N) is 1. The van der Waals surface area contributed by atoms with Crippen LogP contribution in [-0.2, 0) is 4.79 Å². The minimum absolute atomic E-state index is 0.135. The van der Waals surface area contributed by atoms with Crippen LogP contribution in [0.25, 0.3) is 0 Å². The molecule has 1 unspecified atom stereocenters. The average Bonchev–Trinajstić information content (AvgIpc) is 3.46. The van der Waals surface area contributed by atoms with Crippen LogP contribution in [0.4, 0.5) is 0 Å². The van der Waals surface area contributed by atoms with Crippen LogP contribution in [0.1, 0.15) is 38.3 Å². The van der Waals surface area contributed by atoms with E-state index in [0.717, 1.165) is 38.5 Å². The van der Waals surface area contributed by atoms with E-state index in [-0.39, 0.29) is 11.9 Å². The third-order valence-corrected chi connectivity index (χ3v) is 5.34. The van der Waals surface area contributed by atoms with Crippen molar-refractivity contribution in [3.8, 4) is 5.75 Å². The predicted octanol–water partition coefficient (Wildman–Crippen LogP) is 2.54. The summed E-state index contributed by atoms with van der Waals surface area (Å²) in [7, 11) is 1.68. The molecule has 1 aromatic rings. The van der Waals surface area contributed by atoms with E-state index in [2.05, 4.69) is 41.1 Å². The maximum Gasteiger partial charge on any atom is 0.234 e. The number of methoxy groups -OCH3 is 1. The lowest BCUT2D eigenvalue weighted by atomic mass is 10.0. The van der Waals surface area contributed by atoms with Gasteiger partial charge < -0.3 is 15.0 Å². The van der Waals surface area contributed by atoms with Gasteiger partial charge in [-0.1, -0.05) is 26.0 Å². The number of ether oxygens (including phenoxy) is 1. The minimum atomic E-state index is 0.135. The van der Waals surface area contributed by atoms with E-state index in [1.807, 2.05) is 12.1 Å². The molecule has 2 fully saturated rings. The standard InChI is InChI=1S/C21H33N3O2/c1-16(2)14-23-10-12-24(13-11-23)15-20(25)22-21(17-4-5-17)18-6-8-19(26-3)9-7-18/h6-9,16-17,21H,4-5,10-15H2,1-3H3,(H,22,25). The van der Waals surface area contributed by atoms with Gasteiger partial charge in [0.25, 0.3) is 0 Å². The molecule has 1 atom stereocenters. The van der Waals surface area contributed by atoms with Gasteiger partial charge in [-0.25, -0.2) is 0 Å². The van der Waals surface area contributed by atoms with Gasteiger partial charge in [-0.05, 0) is 42.4 Å². The smallest absolute Gasteiger partial charge is 0.234 e. The maximum atomic E-state index is 12.6. The molecule has 0 aromatic heterocycles. The summed E-state index contributed by atoms with van der Waals surface area (Å²) in [4.78, 5) is 17.4. The first kappa shape index (κ1) is 19.2. The molecule has 26 heavy (non-hydrogen) atoms. The zero-order valence-electron chi connectivity index (χ0n) is 16.4. The van der Waals surface area contributed by atoms with Crippen LogP contribution in [0, 0.1) is 11.8 Å². The molecule has 3 rings (SSSR count). The SMILES string of the molecule is COc1ccc(C(NC(=O)CN2CCN(CC(C)C)CC2)C2CC2)cc1. The highest BCUT2D eigenvalue weighted by atomic mass is 16.5. The molecule has 1 aliphatic carbocycles. The van der Waals surface area contributed by atoms with Crippen LogP contribution in [0.3, 0.4) is 0 Å². The van der Waals surface area contributed by atoms with Crippen molar-refractivity contribution >= 4 is 5.91 Å². The fraction of sp³-hybridized carbons (Fsp3) is 0.667. The topological polar surface area (TPSA) is 44.8 Å². The van der Waals surface area contributed by atoms with Crippen LogP contribution in [-0.4, -0.2) is 62.1 Å². The van der Waals surface area contributed by atoms with Gasteiger partial charge in [0.2, 0.25) is 5.91 Å². The highest BCUT2D eigenvalue weighted by Crippen LogP contribution is 2.41. The average molecular weight is 360 g/mol. The molecule has 0 spiro atoms. The second-order valence-corrected chi connectivity index (χ2v) is 8.13. The van der Waals surface area contributed by atoms with Crippen molar-refractivity contribution in [3.05, 3.63) is 29.8 Å². The van der Waals surface area contributed by atoms with Gasteiger partial charge in [0, 0.05) is 32.7 Å². The Morgan fingerprint density at radius 1 is 1.12 bits per heavy atom. The summed E-state index contributed by atoms with van der Waals surface area (Å²) in [6.45, 7) is 10.3. The first-order chi connectivity index (χ1) is 12.5. The Labute approximate surface area is 157 Å². The van der Waals surface area contributed by atoms with Crippen molar-refractivity contribution in [1.82, 2.24) is 15.1 Å². The molecule has 2 aliphatic rings. The Kier molecular flexibility index (Phi) is 6.54. The van der Waals surface area contributed by atoms with E-state index in [1.165, 1.54) is 18.4 Å². The van der Waals surface area contributed by atoms with E-state index in [1.54, 1.807) is 7.11 Å². The molecule has 1 saturated carbocycles. The van der Waals surface area contributed by atoms with E-state index in [9.17, 15) is 4.79 Å². The second kappa shape index (κ2) is 8.87. The number of carbonyl (C=O) groups excluding carboxylic acids is 1. The minimum Gasteiger partial charge on any atom is -0.497 e. The van der Waals surface area contributed by atoms with Crippen LogP contribution in [0.15, 0.2) is 24.3 Å². The third kappa shape index (κ3) is 5.45. The van der Waals surface area contributed by atoms with Gasteiger partial charge in [0.15, 0.2) is 0 Å². The zero-order chi connectivity index (χ0) is 18.5. The van der Waals surface area contributed by atoms with Crippen molar-refractivity contribution in [2.75, 3.05) is 46.4 Å². The van der Waals surface area contributed by atoms with Gasteiger partial charge in [-0.15, -0.1) is 0 Å². The van der Waals surface area contributed by atoms with Crippen molar-refractivity contribution < 1.29 is 9.53 Å². The lowest BCUT2D eigenvalue weighted by molar-refractivity contribution is -0.123. The molecule has 1 N–H and O–H groups in total. The van der Waals surface area contributed by atoms with Gasteiger partial charge in [0.1, 0.15) is 5.75 Å². The molecule has 1 amide bonds. The first-order valence-corrected chi connectivity index (χ1v) is 9.93. The molecule has 1 heterocycles. The number of carbonyl (C=O) groups is 1. The quantitative estimate of drug-likeness (QED) is 0.775. The van der Waals surface area contributed by atoms with Crippen molar-refractivity contribution in [2.24, 2.45) is 11.8 Å². The molecule has 1 aromatic carbocycles. The number of amides is 1. The summed E-state index contributed by atoms with van der Waals surface area (Å²) in [6.07, 6.45) is 2.40. The molecule has 0 bridgehead atoms. The van der Waals surface area contributed by atoms with Crippen molar-refractivity contribution in [3.63, 3.8) is 0 Å². The number of benzene rings is 1. The second-order valence-electron chi connectivity index (χ2n) is 8.13. The summed E-state index contributed by atoms with van der Waals surface area (Å²) in [5, 5.41) is 3.29. The fourth-order valence-corrected chi connectivity index (χ4v) is 3.78. The van der Waals surface area contributed by atoms with Gasteiger partial charge in [0.05, 0.1) is 19.7 Å². The highest BCUT2D eigenvalue weighted by molar-refractivity contribution is 5.78. The Balaban J connectivity index is 1.49. The summed E-state index contributed by atoms with van der Waals surface area (Å²) in [6, 6.07) is 8.24. The Morgan fingerprint density at radius 3 is 2.27 bits per heavy atom. The predicted molar refractivity (Wildman–Crippen MR) is 104 cm³/mol. The Bertz CT molecular complexity index is 575. The lowest BCUT2D eigenvalue weighted by Gasteiger charge is -2.35. The molecule has 5 nitrogen and oxygen atoms in total. The van der Waals surface area contributed by atoms with Gasteiger partial charge >= 0.3 is 0 Å². The Hall–Kier alpha value is -1.59. The normalized spacial score (nSPS) is 20.2. The van der Waals surface area contributed by atoms with E-state index in [0.29, 0.717) is 18.4 Å². The number of hydrogen-bond acceptors (Lipinski definition) is 4.